The highest BCUT2D eigenvalue weighted by Crippen LogP contribution is 2.34. The molecule has 2 aromatic carbocycles. The average Bonchev–Trinajstić information content (AvgIpc) is 3.24. The van der Waals surface area contributed by atoms with Crippen LogP contribution >= 0.6 is 0 Å². The number of pyridine rings is 1. The number of aromatic nitrogens is 3. The molecule has 0 saturated carbocycles. The Balaban J connectivity index is 1.31. The molecule has 1 aliphatic heterocycles. The molecule has 1 aliphatic rings. The number of nitrogens with zero attached hydrogens (tertiary/aromatic N) is 2. The van der Waals surface area contributed by atoms with Gasteiger partial charge in [-0.05, 0) is 61.2 Å². The van der Waals surface area contributed by atoms with E-state index in [0.29, 0.717) is 17.7 Å². The van der Waals surface area contributed by atoms with Crippen molar-refractivity contribution in [1.29, 1.82) is 0 Å². The summed E-state index contributed by atoms with van der Waals surface area (Å²) in [6.07, 6.45) is 3.75. The van der Waals surface area contributed by atoms with Crippen LogP contribution in [0.3, 0.4) is 0 Å². The Hall–Kier alpha value is -3.58. The molecule has 7 nitrogen and oxygen atoms in total. The quantitative estimate of drug-likeness (QED) is 0.438. The number of anilines is 2. The summed E-state index contributed by atoms with van der Waals surface area (Å²) >= 11 is 0. The Morgan fingerprint density at radius 2 is 1.87 bits per heavy atom. The minimum Gasteiger partial charge on any atom is -0.494 e. The summed E-state index contributed by atoms with van der Waals surface area (Å²) in [5, 5.41) is 3.29. The van der Waals surface area contributed by atoms with Gasteiger partial charge in [-0.25, -0.2) is 9.97 Å². The van der Waals surface area contributed by atoms with Gasteiger partial charge in [-0.1, -0.05) is 12.1 Å². The van der Waals surface area contributed by atoms with Crippen molar-refractivity contribution in [2.75, 3.05) is 25.6 Å². The maximum Gasteiger partial charge on any atom is 0.222 e. The third kappa shape index (κ3) is 4.18. The maximum absolute atomic E-state index is 6.13. The number of rotatable bonds is 6. The lowest BCUT2D eigenvalue weighted by molar-refractivity contribution is 0.0848. The zero-order chi connectivity index (χ0) is 21.0. The highest BCUT2D eigenvalue weighted by Gasteiger charge is 2.20. The molecule has 0 radical (unpaired) electrons. The monoisotopic (exact) mass is 416 g/mol. The average molecular weight is 416 g/mol. The smallest absolute Gasteiger partial charge is 0.222 e. The second kappa shape index (κ2) is 8.65. The lowest BCUT2D eigenvalue weighted by Crippen LogP contribution is -2.15. The van der Waals surface area contributed by atoms with E-state index in [0.717, 1.165) is 59.8 Å². The van der Waals surface area contributed by atoms with Crippen LogP contribution in [-0.4, -0.2) is 35.3 Å². The number of aromatic amines is 1. The minimum absolute atomic E-state index is 0.420. The summed E-state index contributed by atoms with van der Waals surface area (Å²) in [7, 11) is 1.65. The second-order valence-electron chi connectivity index (χ2n) is 7.48. The van der Waals surface area contributed by atoms with Crippen molar-refractivity contribution in [2.45, 2.75) is 18.8 Å². The molecule has 0 spiro atoms. The molecule has 0 atom stereocenters. The SMILES string of the molecule is COc1cccc2nc(Nc3ccc(Oc4ncccc4C4CCOCC4)cc3)[nH]c12. The van der Waals surface area contributed by atoms with Crippen LogP contribution in [0, 0.1) is 0 Å². The van der Waals surface area contributed by atoms with Crippen LogP contribution in [0.4, 0.5) is 11.6 Å². The van der Waals surface area contributed by atoms with Gasteiger partial charge in [0.05, 0.1) is 12.6 Å². The van der Waals surface area contributed by atoms with E-state index in [1.807, 2.05) is 48.5 Å². The van der Waals surface area contributed by atoms with Crippen LogP contribution in [0.25, 0.3) is 11.0 Å². The molecule has 7 heteroatoms. The van der Waals surface area contributed by atoms with Gasteiger partial charge in [-0.3, -0.25) is 0 Å². The van der Waals surface area contributed by atoms with Crippen LogP contribution in [0.5, 0.6) is 17.4 Å². The number of para-hydroxylation sites is 1. The Morgan fingerprint density at radius 3 is 2.68 bits per heavy atom. The van der Waals surface area contributed by atoms with E-state index in [9.17, 15) is 0 Å². The first-order chi connectivity index (χ1) is 15.3. The predicted octanol–water partition coefficient (Wildman–Crippen LogP) is 5.40. The molecule has 1 fully saturated rings. The van der Waals surface area contributed by atoms with Crippen LogP contribution < -0.4 is 14.8 Å². The van der Waals surface area contributed by atoms with Crippen LogP contribution in [0.1, 0.15) is 24.3 Å². The summed E-state index contributed by atoms with van der Waals surface area (Å²) in [5.74, 6) is 3.24. The van der Waals surface area contributed by atoms with E-state index < -0.39 is 0 Å². The fourth-order valence-electron chi connectivity index (χ4n) is 3.90. The van der Waals surface area contributed by atoms with Gasteiger partial charge in [-0.2, -0.15) is 0 Å². The first-order valence-corrected chi connectivity index (χ1v) is 10.4. The maximum atomic E-state index is 6.13. The van der Waals surface area contributed by atoms with Gasteiger partial charge in [0, 0.05) is 30.7 Å². The van der Waals surface area contributed by atoms with Gasteiger partial charge in [0.1, 0.15) is 17.0 Å². The Kier molecular flexibility index (Phi) is 5.41. The topological polar surface area (TPSA) is 81.3 Å². The molecule has 1 saturated heterocycles. The standard InChI is InChI=1S/C24H24N4O3/c1-29-21-6-2-5-20-22(21)28-24(27-20)26-17-7-9-18(10-8-17)31-23-19(4-3-13-25-23)16-11-14-30-15-12-16/h2-10,13,16H,11-12,14-15H2,1H3,(H2,26,27,28). The number of fused-ring (bicyclic) bond motifs is 1. The predicted molar refractivity (Wildman–Crippen MR) is 119 cm³/mol. The number of hydrogen-bond donors (Lipinski definition) is 2. The molecular weight excluding hydrogens is 392 g/mol. The van der Waals surface area contributed by atoms with Gasteiger partial charge in [0.2, 0.25) is 11.8 Å². The van der Waals surface area contributed by atoms with Crippen molar-refractivity contribution >= 4 is 22.7 Å². The van der Waals surface area contributed by atoms with Gasteiger partial charge < -0.3 is 24.5 Å². The summed E-state index contributed by atoms with van der Waals surface area (Å²) < 4.78 is 17.0. The number of imidazole rings is 1. The van der Waals surface area contributed by atoms with E-state index in [4.69, 9.17) is 14.2 Å². The highest BCUT2D eigenvalue weighted by molar-refractivity contribution is 5.84. The zero-order valence-corrected chi connectivity index (χ0v) is 17.3. The number of H-pyrrole nitrogens is 1. The molecule has 158 valence electrons. The van der Waals surface area contributed by atoms with E-state index >= 15 is 0 Å². The van der Waals surface area contributed by atoms with Gasteiger partial charge in [0.15, 0.2) is 0 Å². The van der Waals surface area contributed by atoms with Crippen LogP contribution in [0.2, 0.25) is 0 Å². The summed E-state index contributed by atoms with van der Waals surface area (Å²) in [6, 6.07) is 17.6. The van der Waals surface area contributed by atoms with Crippen molar-refractivity contribution in [2.24, 2.45) is 0 Å². The van der Waals surface area contributed by atoms with Crippen LogP contribution in [0.15, 0.2) is 60.8 Å². The number of nitrogens with one attached hydrogen (secondary N) is 2. The Morgan fingerprint density at radius 1 is 1.03 bits per heavy atom. The number of benzene rings is 2. The molecule has 31 heavy (non-hydrogen) atoms. The lowest BCUT2D eigenvalue weighted by Gasteiger charge is -2.23. The third-order valence-electron chi connectivity index (χ3n) is 5.49. The van der Waals surface area contributed by atoms with Crippen molar-refractivity contribution in [3.8, 4) is 17.4 Å². The number of ether oxygens (including phenoxy) is 3. The van der Waals surface area contributed by atoms with E-state index in [1.165, 1.54) is 0 Å². The third-order valence-corrected chi connectivity index (χ3v) is 5.49. The lowest BCUT2D eigenvalue weighted by atomic mass is 9.92. The normalized spacial score (nSPS) is 14.5. The summed E-state index contributed by atoms with van der Waals surface area (Å²) in [5.41, 5.74) is 3.75. The molecule has 2 aromatic heterocycles. The molecule has 3 heterocycles. The van der Waals surface area contributed by atoms with Crippen molar-refractivity contribution in [3.63, 3.8) is 0 Å². The molecule has 0 unspecified atom stereocenters. The molecule has 5 rings (SSSR count). The first kappa shape index (κ1) is 19.4. The fourth-order valence-corrected chi connectivity index (χ4v) is 3.90. The van der Waals surface area contributed by atoms with Crippen molar-refractivity contribution in [1.82, 2.24) is 15.0 Å². The van der Waals surface area contributed by atoms with Gasteiger partial charge >= 0.3 is 0 Å². The summed E-state index contributed by atoms with van der Waals surface area (Å²) in [6.45, 7) is 1.57. The second-order valence-corrected chi connectivity index (χ2v) is 7.48. The van der Waals surface area contributed by atoms with Crippen molar-refractivity contribution in [3.05, 3.63) is 66.4 Å². The van der Waals surface area contributed by atoms with E-state index in [-0.39, 0.29) is 0 Å². The van der Waals surface area contributed by atoms with Gasteiger partial charge in [-0.15, -0.1) is 0 Å². The van der Waals surface area contributed by atoms with E-state index in [1.54, 1.807) is 13.3 Å². The molecule has 0 aliphatic carbocycles. The minimum atomic E-state index is 0.420. The van der Waals surface area contributed by atoms with Crippen molar-refractivity contribution < 1.29 is 14.2 Å². The molecule has 0 bridgehead atoms. The Bertz CT molecular complexity index is 1170. The number of methoxy groups -OCH3 is 1. The molecular formula is C24H24N4O3. The first-order valence-electron chi connectivity index (χ1n) is 10.4. The molecule has 2 N–H and O–H groups in total. The summed E-state index contributed by atoms with van der Waals surface area (Å²) in [4.78, 5) is 12.3. The van der Waals surface area contributed by atoms with Crippen LogP contribution in [-0.2, 0) is 4.74 Å². The molecule has 0 amide bonds. The largest absolute Gasteiger partial charge is 0.494 e. The van der Waals surface area contributed by atoms with Gasteiger partial charge in [0.25, 0.3) is 0 Å². The van der Waals surface area contributed by atoms with E-state index in [2.05, 4.69) is 26.3 Å². The number of hydrogen-bond acceptors (Lipinski definition) is 6. The highest BCUT2D eigenvalue weighted by atomic mass is 16.5. The fraction of sp³-hybridized carbons (Fsp3) is 0.250. The Labute approximate surface area is 180 Å². The zero-order valence-electron chi connectivity index (χ0n) is 17.3. The molecule has 4 aromatic rings.